The van der Waals surface area contributed by atoms with E-state index in [-0.39, 0.29) is 17.2 Å². The molecule has 2 N–H and O–H groups in total. The molecule has 0 saturated heterocycles. The van der Waals surface area contributed by atoms with Crippen molar-refractivity contribution < 1.29 is 9.72 Å². The fourth-order valence-electron chi connectivity index (χ4n) is 1.89. The smallest absolute Gasteiger partial charge is 0.270 e. The molecule has 0 atom stereocenters. The second-order valence-electron chi connectivity index (χ2n) is 4.45. The van der Waals surface area contributed by atoms with E-state index < -0.39 is 4.92 Å². The van der Waals surface area contributed by atoms with Crippen LogP contribution in [0.2, 0.25) is 0 Å². The molecule has 0 aliphatic heterocycles. The van der Waals surface area contributed by atoms with Crippen molar-refractivity contribution in [3.8, 4) is 0 Å². The standard InChI is InChI=1S/C14H15N3O3S/c1-9-5-6-21-13(9)8-16-14(18)11-7-10(17(19)20)3-4-12(11)15-2/h3-7,15H,8H2,1-2H3,(H,16,18). The molecule has 0 aliphatic rings. The fourth-order valence-corrected chi connectivity index (χ4v) is 2.74. The first-order valence-corrected chi connectivity index (χ1v) is 7.18. The molecule has 2 rings (SSSR count). The summed E-state index contributed by atoms with van der Waals surface area (Å²) in [5.74, 6) is -0.337. The van der Waals surface area contributed by atoms with Gasteiger partial charge in [0.25, 0.3) is 11.6 Å². The van der Waals surface area contributed by atoms with Crippen LogP contribution in [0.3, 0.4) is 0 Å². The normalized spacial score (nSPS) is 10.2. The third kappa shape index (κ3) is 3.38. The van der Waals surface area contributed by atoms with Crippen LogP contribution in [0.25, 0.3) is 0 Å². The highest BCUT2D eigenvalue weighted by Crippen LogP contribution is 2.22. The Morgan fingerprint density at radius 3 is 2.71 bits per heavy atom. The van der Waals surface area contributed by atoms with E-state index >= 15 is 0 Å². The number of amides is 1. The van der Waals surface area contributed by atoms with E-state index in [0.717, 1.165) is 10.4 Å². The lowest BCUT2D eigenvalue weighted by atomic mass is 10.1. The van der Waals surface area contributed by atoms with Gasteiger partial charge in [-0.15, -0.1) is 11.3 Å². The second-order valence-corrected chi connectivity index (χ2v) is 5.45. The lowest BCUT2D eigenvalue weighted by Crippen LogP contribution is -2.23. The van der Waals surface area contributed by atoms with E-state index in [4.69, 9.17) is 0 Å². The Kier molecular flexibility index (Phi) is 4.54. The SMILES string of the molecule is CNc1ccc([N+](=O)[O-])cc1C(=O)NCc1sccc1C. The average Bonchev–Trinajstić information content (AvgIpc) is 2.89. The van der Waals surface area contributed by atoms with Crippen molar-refractivity contribution in [3.63, 3.8) is 0 Å². The molecular formula is C14H15N3O3S. The monoisotopic (exact) mass is 305 g/mol. The number of benzene rings is 1. The molecule has 0 radical (unpaired) electrons. The maximum absolute atomic E-state index is 12.2. The van der Waals surface area contributed by atoms with E-state index in [1.54, 1.807) is 18.4 Å². The van der Waals surface area contributed by atoms with Crippen molar-refractivity contribution in [3.05, 3.63) is 55.8 Å². The molecule has 1 amide bonds. The predicted octanol–water partition coefficient (Wildman–Crippen LogP) is 2.94. The van der Waals surface area contributed by atoms with Crippen LogP contribution in [0, 0.1) is 17.0 Å². The van der Waals surface area contributed by atoms with Crippen LogP contribution in [0.5, 0.6) is 0 Å². The molecule has 2 aromatic rings. The summed E-state index contributed by atoms with van der Waals surface area (Å²) < 4.78 is 0. The van der Waals surface area contributed by atoms with Gasteiger partial charge in [0.2, 0.25) is 0 Å². The average molecular weight is 305 g/mol. The van der Waals surface area contributed by atoms with Gasteiger partial charge >= 0.3 is 0 Å². The predicted molar refractivity (Wildman–Crippen MR) is 82.9 cm³/mol. The third-order valence-corrected chi connectivity index (χ3v) is 4.13. The lowest BCUT2D eigenvalue weighted by Gasteiger charge is -2.09. The Balaban J connectivity index is 2.19. The summed E-state index contributed by atoms with van der Waals surface area (Å²) in [4.78, 5) is 23.6. The number of hydrogen-bond donors (Lipinski definition) is 2. The summed E-state index contributed by atoms with van der Waals surface area (Å²) in [7, 11) is 1.67. The summed E-state index contributed by atoms with van der Waals surface area (Å²) in [6, 6.07) is 6.16. The van der Waals surface area contributed by atoms with Gasteiger partial charge in [-0.2, -0.15) is 0 Å². The van der Waals surface area contributed by atoms with E-state index in [0.29, 0.717) is 12.2 Å². The number of carbonyl (C=O) groups is 1. The minimum Gasteiger partial charge on any atom is -0.387 e. The number of nitro groups is 1. The Bertz CT molecular complexity index is 682. The number of non-ortho nitro benzene ring substituents is 1. The number of carbonyl (C=O) groups excluding carboxylic acids is 1. The number of nitrogens with one attached hydrogen (secondary N) is 2. The van der Waals surface area contributed by atoms with Crippen molar-refractivity contribution >= 4 is 28.6 Å². The van der Waals surface area contributed by atoms with Gasteiger partial charge in [0, 0.05) is 29.7 Å². The molecule has 0 unspecified atom stereocenters. The molecule has 6 nitrogen and oxygen atoms in total. The van der Waals surface area contributed by atoms with Crippen LogP contribution in [0.4, 0.5) is 11.4 Å². The quantitative estimate of drug-likeness (QED) is 0.657. The zero-order chi connectivity index (χ0) is 15.4. The van der Waals surface area contributed by atoms with E-state index in [9.17, 15) is 14.9 Å². The number of hydrogen-bond acceptors (Lipinski definition) is 5. The molecular weight excluding hydrogens is 290 g/mol. The van der Waals surface area contributed by atoms with Crippen LogP contribution < -0.4 is 10.6 Å². The maximum Gasteiger partial charge on any atom is 0.270 e. The van der Waals surface area contributed by atoms with Gasteiger partial charge in [-0.25, -0.2) is 0 Å². The highest BCUT2D eigenvalue weighted by molar-refractivity contribution is 7.10. The first kappa shape index (κ1) is 15.0. The van der Waals surface area contributed by atoms with Crippen molar-refractivity contribution in [2.45, 2.75) is 13.5 Å². The minimum absolute atomic E-state index is 0.105. The molecule has 7 heteroatoms. The number of thiophene rings is 1. The Labute approximate surface area is 126 Å². The number of nitrogens with zero attached hydrogens (tertiary/aromatic N) is 1. The van der Waals surface area contributed by atoms with Gasteiger partial charge in [-0.1, -0.05) is 0 Å². The largest absolute Gasteiger partial charge is 0.387 e. The summed E-state index contributed by atoms with van der Waals surface area (Å²) in [5, 5.41) is 18.4. The molecule has 0 aliphatic carbocycles. The zero-order valence-electron chi connectivity index (χ0n) is 11.7. The van der Waals surface area contributed by atoms with Crippen LogP contribution in [-0.2, 0) is 6.54 Å². The molecule has 0 spiro atoms. The molecule has 1 heterocycles. The van der Waals surface area contributed by atoms with Crippen molar-refractivity contribution in [2.24, 2.45) is 0 Å². The molecule has 1 aromatic heterocycles. The molecule has 110 valence electrons. The van der Waals surface area contributed by atoms with Gasteiger partial charge in [0.15, 0.2) is 0 Å². The molecule has 1 aromatic carbocycles. The maximum atomic E-state index is 12.2. The Hall–Kier alpha value is -2.41. The second kappa shape index (κ2) is 6.36. The van der Waals surface area contributed by atoms with E-state index in [1.165, 1.54) is 18.2 Å². The number of aryl methyl sites for hydroxylation is 1. The van der Waals surface area contributed by atoms with Crippen LogP contribution in [0.15, 0.2) is 29.6 Å². The van der Waals surface area contributed by atoms with Gasteiger partial charge < -0.3 is 10.6 Å². The minimum atomic E-state index is -0.514. The summed E-state index contributed by atoms with van der Waals surface area (Å²) >= 11 is 1.57. The molecule has 0 saturated carbocycles. The van der Waals surface area contributed by atoms with Crippen molar-refractivity contribution in [1.29, 1.82) is 0 Å². The molecule has 0 fully saturated rings. The highest BCUT2D eigenvalue weighted by atomic mass is 32.1. The first-order valence-electron chi connectivity index (χ1n) is 6.30. The van der Waals surface area contributed by atoms with Gasteiger partial charge in [0.1, 0.15) is 0 Å². The zero-order valence-corrected chi connectivity index (χ0v) is 12.5. The number of nitro benzene ring substituents is 1. The fraction of sp³-hybridized carbons (Fsp3) is 0.214. The number of rotatable bonds is 5. The van der Waals surface area contributed by atoms with Gasteiger partial charge in [-0.05, 0) is 30.0 Å². The summed E-state index contributed by atoms with van der Waals surface area (Å²) in [6.45, 7) is 2.39. The molecule has 21 heavy (non-hydrogen) atoms. The van der Waals surface area contributed by atoms with E-state index in [2.05, 4.69) is 10.6 Å². The highest BCUT2D eigenvalue weighted by Gasteiger charge is 2.16. The lowest BCUT2D eigenvalue weighted by molar-refractivity contribution is -0.384. The van der Waals surface area contributed by atoms with Gasteiger partial charge in [-0.3, -0.25) is 14.9 Å². The van der Waals surface area contributed by atoms with Crippen LogP contribution >= 0.6 is 11.3 Å². The Morgan fingerprint density at radius 2 is 2.14 bits per heavy atom. The third-order valence-electron chi connectivity index (χ3n) is 3.11. The van der Waals surface area contributed by atoms with Crippen molar-refractivity contribution in [1.82, 2.24) is 5.32 Å². The van der Waals surface area contributed by atoms with E-state index in [1.807, 2.05) is 18.4 Å². The van der Waals surface area contributed by atoms with Crippen molar-refractivity contribution in [2.75, 3.05) is 12.4 Å². The molecule has 0 bridgehead atoms. The summed E-state index contributed by atoms with van der Waals surface area (Å²) in [5.41, 5.74) is 1.83. The summed E-state index contributed by atoms with van der Waals surface area (Å²) in [6.07, 6.45) is 0. The first-order chi connectivity index (χ1) is 10.0. The van der Waals surface area contributed by atoms with Gasteiger partial charge in [0.05, 0.1) is 17.0 Å². The van der Waals surface area contributed by atoms with Crippen LogP contribution in [0.1, 0.15) is 20.8 Å². The number of anilines is 1. The Morgan fingerprint density at radius 1 is 1.38 bits per heavy atom. The topological polar surface area (TPSA) is 84.3 Å². The van der Waals surface area contributed by atoms with Crippen LogP contribution in [-0.4, -0.2) is 17.9 Å².